The normalized spacial score (nSPS) is 10.9. The van der Waals surface area contributed by atoms with Crippen molar-refractivity contribution < 1.29 is 9.26 Å². The molecule has 0 radical (unpaired) electrons. The van der Waals surface area contributed by atoms with Crippen LogP contribution in [0.25, 0.3) is 22.0 Å². The van der Waals surface area contributed by atoms with Gasteiger partial charge in [-0.05, 0) is 23.6 Å². The van der Waals surface area contributed by atoms with E-state index in [2.05, 4.69) is 26.6 Å². The topological polar surface area (TPSA) is 61.0 Å². The highest BCUT2D eigenvalue weighted by Gasteiger charge is 2.14. The van der Waals surface area contributed by atoms with Crippen LogP contribution in [-0.2, 0) is 6.42 Å². The van der Waals surface area contributed by atoms with Gasteiger partial charge in [0.25, 0.3) is 0 Å². The quantitative estimate of drug-likeness (QED) is 0.527. The van der Waals surface area contributed by atoms with Gasteiger partial charge >= 0.3 is 0 Å². The Balaban J connectivity index is 1.55. The lowest BCUT2D eigenvalue weighted by Crippen LogP contribution is -1.90. The largest absolute Gasteiger partial charge is 0.496 e. The summed E-state index contributed by atoms with van der Waals surface area (Å²) in [6.45, 7) is 0. The SMILES string of the molecule is COc1ccccc1-c1noc(Cc2nc(-c3cccs3)cs2)n1. The lowest BCUT2D eigenvalue weighted by Gasteiger charge is -2.02. The summed E-state index contributed by atoms with van der Waals surface area (Å²) in [5.41, 5.74) is 1.81. The molecule has 120 valence electrons. The van der Waals surface area contributed by atoms with E-state index >= 15 is 0 Å². The average Bonchev–Trinajstić information content (AvgIpc) is 3.36. The predicted octanol–water partition coefficient (Wildman–Crippen LogP) is 4.52. The fraction of sp³-hybridized carbons (Fsp3) is 0.118. The number of ether oxygens (including phenoxy) is 1. The van der Waals surface area contributed by atoms with Gasteiger partial charge in [0.2, 0.25) is 11.7 Å². The minimum atomic E-state index is 0.525. The van der Waals surface area contributed by atoms with Crippen LogP contribution in [0.2, 0.25) is 0 Å². The Kier molecular flexibility index (Phi) is 4.10. The molecule has 0 N–H and O–H groups in total. The average molecular weight is 355 g/mol. The monoisotopic (exact) mass is 355 g/mol. The number of thiazole rings is 1. The maximum absolute atomic E-state index is 5.38. The van der Waals surface area contributed by atoms with Crippen LogP contribution >= 0.6 is 22.7 Å². The maximum atomic E-state index is 5.38. The molecule has 0 aliphatic heterocycles. The van der Waals surface area contributed by atoms with Crippen LogP contribution < -0.4 is 4.74 Å². The summed E-state index contributed by atoms with van der Waals surface area (Å²) in [5, 5.41) is 9.11. The van der Waals surface area contributed by atoms with Gasteiger partial charge in [-0.15, -0.1) is 22.7 Å². The maximum Gasteiger partial charge on any atom is 0.233 e. The highest BCUT2D eigenvalue weighted by Crippen LogP contribution is 2.29. The number of benzene rings is 1. The highest BCUT2D eigenvalue weighted by molar-refractivity contribution is 7.14. The zero-order valence-corrected chi connectivity index (χ0v) is 14.4. The molecular weight excluding hydrogens is 342 g/mol. The zero-order chi connectivity index (χ0) is 16.4. The van der Waals surface area contributed by atoms with Crippen LogP contribution in [0.1, 0.15) is 10.9 Å². The Morgan fingerprint density at radius 3 is 2.83 bits per heavy atom. The lowest BCUT2D eigenvalue weighted by molar-refractivity contribution is 0.384. The molecule has 0 spiro atoms. The van der Waals surface area contributed by atoms with Crippen molar-refractivity contribution in [3.05, 3.63) is 58.1 Å². The zero-order valence-electron chi connectivity index (χ0n) is 12.8. The summed E-state index contributed by atoms with van der Waals surface area (Å²) in [6, 6.07) is 11.7. The molecule has 3 aromatic heterocycles. The van der Waals surface area contributed by atoms with Gasteiger partial charge in [-0.25, -0.2) is 4.98 Å². The molecule has 3 heterocycles. The van der Waals surface area contributed by atoms with Crippen LogP contribution in [0, 0.1) is 0 Å². The first-order valence-electron chi connectivity index (χ1n) is 7.28. The summed E-state index contributed by atoms with van der Waals surface area (Å²) in [5.74, 6) is 1.79. The summed E-state index contributed by atoms with van der Waals surface area (Å²) in [6.07, 6.45) is 0.526. The number of aromatic nitrogens is 3. The van der Waals surface area contributed by atoms with Crippen molar-refractivity contribution in [2.45, 2.75) is 6.42 Å². The Morgan fingerprint density at radius 1 is 1.08 bits per heavy atom. The first-order chi connectivity index (χ1) is 11.8. The van der Waals surface area contributed by atoms with E-state index in [-0.39, 0.29) is 0 Å². The van der Waals surface area contributed by atoms with E-state index in [0.717, 1.165) is 26.9 Å². The molecule has 0 aliphatic carbocycles. The molecule has 0 aliphatic rings. The second kappa shape index (κ2) is 6.54. The van der Waals surface area contributed by atoms with E-state index < -0.39 is 0 Å². The van der Waals surface area contributed by atoms with Gasteiger partial charge in [-0.3, -0.25) is 0 Å². The molecule has 0 unspecified atom stereocenters. The molecule has 0 saturated heterocycles. The standard InChI is InChI=1S/C17H13N3O2S2/c1-21-13-6-3-2-5-11(13)17-19-15(22-20-17)9-16-18-12(10-24-16)14-7-4-8-23-14/h2-8,10H,9H2,1H3. The van der Waals surface area contributed by atoms with E-state index in [9.17, 15) is 0 Å². The molecule has 4 aromatic rings. The molecule has 0 saturated carbocycles. The van der Waals surface area contributed by atoms with Crippen LogP contribution in [0.15, 0.2) is 51.7 Å². The number of hydrogen-bond acceptors (Lipinski definition) is 7. The van der Waals surface area contributed by atoms with Crippen molar-refractivity contribution in [1.82, 2.24) is 15.1 Å². The third-order valence-electron chi connectivity index (χ3n) is 3.44. The number of thiophene rings is 1. The number of para-hydroxylation sites is 1. The van der Waals surface area contributed by atoms with Gasteiger partial charge in [0.05, 0.1) is 29.7 Å². The number of methoxy groups -OCH3 is 1. The molecular formula is C17H13N3O2S2. The number of hydrogen-bond donors (Lipinski definition) is 0. The first kappa shape index (κ1) is 15.0. The predicted molar refractivity (Wildman–Crippen MR) is 94.5 cm³/mol. The van der Waals surface area contributed by atoms with Crippen LogP contribution in [-0.4, -0.2) is 22.2 Å². The molecule has 0 atom stereocenters. The van der Waals surface area contributed by atoms with Gasteiger partial charge in [0, 0.05) is 5.38 Å². The Hall–Kier alpha value is -2.51. The van der Waals surface area contributed by atoms with Crippen molar-refractivity contribution in [1.29, 1.82) is 0 Å². The molecule has 0 bridgehead atoms. The van der Waals surface area contributed by atoms with E-state index in [0.29, 0.717) is 18.1 Å². The summed E-state index contributed by atoms with van der Waals surface area (Å²) >= 11 is 3.28. The van der Waals surface area contributed by atoms with Crippen LogP contribution in [0.5, 0.6) is 5.75 Å². The second-order valence-corrected chi connectivity index (χ2v) is 6.88. The summed E-state index contributed by atoms with van der Waals surface area (Å²) in [7, 11) is 1.63. The third-order valence-corrected chi connectivity index (χ3v) is 5.18. The molecule has 7 heteroatoms. The number of nitrogens with zero attached hydrogens (tertiary/aromatic N) is 3. The molecule has 5 nitrogen and oxygen atoms in total. The molecule has 4 rings (SSSR count). The molecule has 0 amide bonds. The molecule has 24 heavy (non-hydrogen) atoms. The smallest absolute Gasteiger partial charge is 0.233 e. The lowest BCUT2D eigenvalue weighted by atomic mass is 10.2. The van der Waals surface area contributed by atoms with Gasteiger partial charge in [0.1, 0.15) is 10.8 Å². The summed E-state index contributed by atoms with van der Waals surface area (Å²) in [4.78, 5) is 10.3. The Labute approximate surface area is 146 Å². The van der Waals surface area contributed by atoms with Crippen LogP contribution in [0.4, 0.5) is 0 Å². The van der Waals surface area contributed by atoms with Crippen molar-refractivity contribution >= 4 is 22.7 Å². The van der Waals surface area contributed by atoms with E-state index in [1.165, 1.54) is 0 Å². The third kappa shape index (κ3) is 2.95. The van der Waals surface area contributed by atoms with Gasteiger partial charge in [-0.2, -0.15) is 4.98 Å². The van der Waals surface area contributed by atoms with Crippen molar-refractivity contribution in [2.24, 2.45) is 0 Å². The van der Waals surface area contributed by atoms with E-state index in [4.69, 9.17) is 9.26 Å². The van der Waals surface area contributed by atoms with Crippen molar-refractivity contribution in [3.8, 4) is 27.7 Å². The minimum Gasteiger partial charge on any atom is -0.496 e. The fourth-order valence-corrected chi connectivity index (χ4v) is 3.87. The van der Waals surface area contributed by atoms with Gasteiger partial charge in [-0.1, -0.05) is 23.4 Å². The van der Waals surface area contributed by atoms with Crippen molar-refractivity contribution in [3.63, 3.8) is 0 Å². The summed E-state index contributed by atoms with van der Waals surface area (Å²) < 4.78 is 10.7. The Bertz CT molecular complexity index is 944. The number of rotatable bonds is 5. The Morgan fingerprint density at radius 2 is 2.00 bits per heavy atom. The first-order valence-corrected chi connectivity index (χ1v) is 9.03. The van der Waals surface area contributed by atoms with Gasteiger partial charge < -0.3 is 9.26 Å². The van der Waals surface area contributed by atoms with E-state index in [1.54, 1.807) is 29.8 Å². The van der Waals surface area contributed by atoms with Crippen LogP contribution in [0.3, 0.4) is 0 Å². The van der Waals surface area contributed by atoms with E-state index in [1.807, 2.05) is 35.7 Å². The molecule has 0 fully saturated rings. The minimum absolute atomic E-state index is 0.525. The highest BCUT2D eigenvalue weighted by atomic mass is 32.1. The van der Waals surface area contributed by atoms with Crippen molar-refractivity contribution in [2.75, 3.05) is 7.11 Å². The van der Waals surface area contributed by atoms with Gasteiger partial charge in [0.15, 0.2) is 0 Å². The molecule has 1 aromatic carbocycles. The second-order valence-electron chi connectivity index (χ2n) is 4.99. The fourth-order valence-electron chi connectivity index (χ4n) is 2.32.